The smallest absolute Gasteiger partial charge is 0.223 e. The van der Waals surface area contributed by atoms with Crippen molar-refractivity contribution in [2.45, 2.75) is 20.5 Å². The summed E-state index contributed by atoms with van der Waals surface area (Å²) >= 11 is 19.0. The Morgan fingerprint density at radius 1 is 1.27 bits per heavy atom. The first kappa shape index (κ1) is 18.8. The topological polar surface area (TPSA) is 46.8 Å². The minimum absolute atomic E-state index is 0.125. The van der Waals surface area contributed by atoms with Crippen LogP contribution in [0.1, 0.15) is 18.2 Å². The van der Waals surface area contributed by atoms with E-state index in [9.17, 15) is 4.79 Å². The molecule has 2 heterocycles. The fourth-order valence-electron chi connectivity index (χ4n) is 2.54. The van der Waals surface area contributed by atoms with Crippen molar-refractivity contribution in [3.05, 3.63) is 56.9 Å². The van der Waals surface area contributed by atoms with Gasteiger partial charge in [-0.05, 0) is 31.2 Å². The Balaban J connectivity index is 1.94. The monoisotopic (exact) mass is 411 g/mol. The van der Waals surface area contributed by atoms with Crippen LogP contribution in [0.15, 0.2) is 30.5 Å². The molecule has 1 aromatic carbocycles. The van der Waals surface area contributed by atoms with Gasteiger partial charge in [0.05, 0.1) is 16.4 Å². The lowest BCUT2D eigenvalue weighted by atomic mass is 10.2. The Morgan fingerprint density at radius 3 is 2.69 bits per heavy atom. The van der Waals surface area contributed by atoms with Gasteiger partial charge in [-0.25, -0.2) is 4.98 Å². The summed E-state index contributed by atoms with van der Waals surface area (Å²) in [7, 11) is 1.65. The van der Waals surface area contributed by atoms with Crippen LogP contribution in [-0.4, -0.2) is 22.3 Å². The predicted octanol–water partition coefficient (Wildman–Crippen LogP) is 5.16. The van der Waals surface area contributed by atoms with Crippen LogP contribution in [0.5, 0.6) is 5.75 Å². The van der Waals surface area contributed by atoms with Gasteiger partial charge in [0, 0.05) is 30.8 Å². The molecule has 0 unspecified atom stereocenters. The summed E-state index contributed by atoms with van der Waals surface area (Å²) in [6.45, 7) is 3.42. The van der Waals surface area contributed by atoms with Crippen molar-refractivity contribution in [1.82, 2.24) is 9.38 Å². The minimum atomic E-state index is -0.131. The van der Waals surface area contributed by atoms with Crippen molar-refractivity contribution in [1.29, 1.82) is 0 Å². The molecule has 0 N–H and O–H groups in total. The van der Waals surface area contributed by atoms with Gasteiger partial charge in [0.1, 0.15) is 11.8 Å². The number of carbonyl (C=O) groups excluding carboxylic acids is 1. The van der Waals surface area contributed by atoms with Gasteiger partial charge in [0.2, 0.25) is 5.91 Å². The number of rotatable bonds is 4. The molecule has 8 heteroatoms. The highest BCUT2D eigenvalue weighted by Crippen LogP contribution is 2.35. The molecule has 0 saturated heterocycles. The number of hydrogen-bond donors (Lipinski definition) is 0. The standard InChI is InChI=1S/C18H16Cl3N3O2/c1-10-17(21)24-8-4-5-15(18(24)22-10)26-9-12-13(19)6-7-14(16(12)20)23(3)11(2)25/h4-8H,9H2,1-3H3. The van der Waals surface area contributed by atoms with Gasteiger partial charge in [-0.2, -0.15) is 0 Å². The van der Waals surface area contributed by atoms with E-state index < -0.39 is 0 Å². The number of anilines is 1. The first-order valence-corrected chi connectivity index (χ1v) is 8.91. The SMILES string of the molecule is CC(=O)N(C)c1ccc(Cl)c(COc2cccn3c(Cl)c(C)nc23)c1Cl. The van der Waals surface area contributed by atoms with Gasteiger partial charge < -0.3 is 9.64 Å². The molecular formula is C18H16Cl3N3O2. The molecule has 0 saturated carbocycles. The zero-order valence-electron chi connectivity index (χ0n) is 14.4. The van der Waals surface area contributed by atoms with Gasteiger partial charge in [0.25, 0.3) is 0 Å². The number of ether oxygens (including phenoxy) is 1. The van der Waals surface area contributed by atoms with Crippen molar-refractivity contribution < 1.29 is 9.53 Å². The molecule has 0 aliphatic carbocycles. The molecule has 3 rings (SSSR count). The lowest BCUT2D eigenvalue weighted by Gasteiger charge is -2.19. The zero-order chi connectivity index (χ0) is 19.0. The van der Waals surface area contributed by atoms with E-state index in [1.54, 1.807) is 29.6 Å². The van der Waals surface area contributed by atoms with E-state index in [0.717, 1.165) is 0 Å². The Bertz CT molecular complexity index is 1000. The second-order valence-corrected chi connectivity index (χ2v) is 6.92. The molecule has 0 atom stereocenters. The van der Waals surface area contributed by atoms with E-state index in [1.807, 2.05) is 19.2 Å². The van der Waals surface area contributed by atoms with Crippen molar-refractivity contribution in [3.63, 3.8) is 0 Å². The van der Waals surface area contributed by atoms with Crippen LogP contribution < -0.4 is 9.64 Å². The van der Waals surface area contributed by atoms with E-state index >= 15 is 0 Å². The van der Waals surface area contributed by atoms with Gasteiger partial charge >= 0.3 is 0 Å². The Morgan fingerprint density at radius 2 is 2.00 bits per heavy atom. The van der Waals surface area contributed by atoms with Gasteiger partial charge in [-0.3, -0.25) is 9.20 Å². The van der Waals surface area contributed by atoms with Crippen molar-refractivity contribution in [3.8, 4) is 5.75 Å². The number of halogens is 3. The molecule has 0 bridgehead atoms. The number of imidazole rings is 1. The molecule has 0 fully saturated rings. The maximum Gasteiger partial charge on any atom is 0.223 e. The number of amides is 1. The van der Waals surface area contributed by atoms with Crippen molar-refractivity contribution in [2.24, 2.45) is 0 Å². The number of nitrogens with zero attached hydrogens (tertiary/aromatic N) is 3. The Hall–Kier alpha value is -1.95. The first-order valence-electron chi connectivity index (χ1n) is 7.78. The summed E-state index contributed by atoms with van der Waals surface area (Å²) in [6, 6.07) is 7.01. The summed E-state index contributed by atoms with van der Waals surface area (Å²) in [5.41, 5.74) is 2.48. The Kier molecular flexibility index (Phi) is 5.32. The predicted molar refractivity (Wildman–Crippen MR) is 105 cm³/mol. The third-order valence-corrected chi connectivity index (χ3v) is 5.32. The van der Waals surface area contributed by atoms with Gasteiger partial charge in [-0.1, -0.05) is 34.8 Å². The highest BCUT2D eigenvalue weighted by Gasteiger charge is 2.17. The second-order valence-electron chi connectivity index (χ2n) is 5.78. The normalized spacial score (nSPS) is 11.0. The summed E-state index contributed by atoms with van der Waals surface area (Å²) in [4.78, 5) is 17.5. The van der Waals surface area contributed by atoms with E-state index in [-0.39, 0.29) is 12.5 Å². The van der Waals surface area contributed by atoms with Crippen LogP contribution in [-0.2, 0) is 11.4 Å². The summed E-state index contributed by atoms with van der Waals surface area (Å²) in [6.07, 6.45) is 1.81. The fraction of sp³-hybridized carbons (Fsp3) is 0.222. The van der Waals surface area contributed by atoms with Gasteiger partial charge in [0.15, 0.2) is 11.4 Å². The Labute approximate surface area is 166 Å². The lowest BCUT2D eigenvalue weighted by molar-refractivity contribution is -0.116. The molecule has 3 aromatic rings. The molecule has 1 amide bonds. The number of hydrogen-bond acceptors (Lipinski definition) is 3. The molecular weight excluding hydrogens is 397 g/mol. The number of aromatic nitrogens is 2. The van der Waals surface area contributed by atoms with Crippen LogP contribution in [0.4, 0.5) is 5.69 Å². The molecule has 136 valence electrons. The van der Waals surface area contributed by atoms with Crippen LogP contribution in [0.25, 0.3) is 5.65 Å². The quantitative estimate of drug-likeness (QED) is 0.594. The van der Waals surface area contributed by atoms with Crippen molar-refractivity contribution >= 4 is 52.0 Å². The van der Waals surface area contributed by atoms with E-state index in [4.69, 9.17) is 39.5 Å². The maximum absolute atomic E-state index is 11.6. The summed E-state index contributed by atoms with van der Waals surface area (Å²) < 4.78 is 7.66. The van der Waals surface area contributed by atoms with Crippen LogP contribution >= 0.6 is 34.8 Å². The fourth-order valence-corrected chi connectivity index (χ4v) is 3.32. The average molecular weight is 413 g/mol. The number of carbonyl (C=O) groups is 1. The molecule has 0 aliphatic rings. The molecule has 0 aliphatic heterocycles. The number of pyridine rings is 1. The van der Waals surface area contributed by atoms with E-state index in [1.165, 1.54) is 11.8 Å². The maximum atomic E-state index is 11.6. The molecule has 2 aromatic heterocycles. The highest BCUT2D eigenvalue weighted by atomic mass is 35.5. The number of aryl methyl sites for hydroxylation is 1. The first-order chi connectivity index (χ1) is 12.3. The van der Waals surface area contributed by atoms with Gasteiger partial charge in [-0.15, -0.1) is 0 Å². The second kappa shape index (κ2) is 7.35. The summed E-state index contributed by atoms with van der Waals surface area (Å²) in [5.74, 6) is 0.424. The average Bonchev–Trinajstić information content (AvgIpc) is 2.89. The van der Waals surface area contributed by atoms with Crippen molar-refractivity contribution in [2.75, 3.05) is 11.9 Å². The molecule has 26 heavy (non-hydrogen) atoms. The molecule has 0 spiro atoms. The minimum Gasteiger partial charge on any atom is -0.485 e. The van der Waals surface area contributed by atoms with E-state index in [2.05, 4.69) is 4.98 Å². The third-order valence-electron chi connectivity index (χ3n) is 4.09. The zero-order valence-corrected chi connectivity index (χ0v) is 16.7. The number of fused-ring (bicyclic) bond motifs is 1. The van der Waals surface area contributed by atoms with Crippen LogP contribution in [0.3, 0.4) is 0 Å². The van der Waals surface area contributed by atoms with Crippen LogP contribution in [0.2, 0.25) is 15.2 Å². The number of benzene rings is 1. The molecule has 0 radical (unpaired) electrons. The summed E-state index contributed by atoms with van der Waals surface area (Å²) in [5, 5.41) is 1.37. The largest absolute Gasteiger partial charge is 0.485 e. The third kappa shape index (κ3) is 3.34. The molecule has 5 nitrogen and oxygen atoms in total. The van der Waals surface area contributed by atoms with Crippen LogP contribution in [0, 0.1) is 6.92 Å². The lowest BCUT2D eigenvalue weighted by Crippen LogP contribution is -2.23. The van der Waals surface area contributed by atoms with E-state index in [0.29, 0.717) is 43.5 Å². The highest BCUT2D eigenvalue weighted by molar-refractivity contribution is 6.38.